The second-order valence-electron chi connectivity index (χ2n) is 13.3. The van der Waals surface area contributed by atoms with Crippen molar-refractivity contribution >= 4 is 96.4 Å². The first-order valence-electron chi connectivity index (χ1n) is 17.7. The van der Waals surface area contributed by atoms with Crippen molar-refractivity contribution in [2.24, 2.45) is 0 Å². The van der Waals surface area contributed by atoms with Gasteiger partial charge in [0.05, 0.1) is 60.9 Å². The summed E-state index contributed by atoms with van der Waals surface area (Å²) in [5.74, 6) is -6.01. The van der Waals surface area contributed by atoms with Crippen LogP contribution in [0.4, 0.5) is 17.6 Å². The fraction of sp³-hybridized carbons (Fsp3) is 0.0698. The van der Waals surface area contributed by atoms with Gasteiger partial charge in [0.15, 0.2) is 23.3 Å². The van der Waals surface area contributed by atoms with Crippen LogP contribution < -0.4 is 0 Å². The Labute approximate surface area is 359 Å². The average molecular weight is 935 g/mol. The van der Waals surface area contributed by atoms with Crippen molar-refractivity contribution in [1.29, 1.82) is 0 Å². The van der Waals surface area contributed by atoms with Crippen LogP contribution in [0, 0.1) is 23.3 Å². The van der Waals surface area contributed by atoms with Gasteiger partial charge in [-0.2, -0.15) is 0 Å². The van der Waals surface area contributed by atoms with Gasteiger partial charge < -0.3 is 9.30 Å². The molecule has 1 fully saturated rings. The summed E-state index contributed by atoms with van der Waals surface area (Å²) in [5, 5.41) is 0.675. The highest BCUT2D eigenvalue weighted by molar-refractivity contribution is 9.10. The average Bonchev–Trinajstić information content (AvgIpc) is 3.97. The number of carbonyl (C=O) groups is 2. The van der Waals surface area contributed by atoms with Gasteiger partial charge in [-0.1, -0.05) is 58.9 Å². The van der Waals surface area contributed by atoms with Gasteiger partial charge in [0.1, 0.15) is 4.60 Å². The van der Waals surface area contributed by atoms with Crippen molar-refractivity contribution in [2.75, 3.05) is 0 Å². The van der Waals surface area contributed by atoms with Crippen LogP contribution in [0.3, 0.4) is 0 Å². The third-order valence-corrected chi connectivity index (χ3v) is 13.6. The van der Waals surface area contributed by atoms with Crippen molar-refractivity contribution < 1.29 is 31.9 Å². The number of esters is 2. The SMILES string of the molecule is O=C(OC(=O)c1cccc(Sc2c(C3CC3)n(-c3cccnc3)c3c(F)c(Cl)ccc23)c1F)c1cccc(Sc2c(Br)n(-c3cccnc3)c3c(F)c(Cl)ccc23)c1F. The van der Waals surface area contributed by atoms with Gasteiger partial charge in [0, 0.05) is 49.5 Å². The maximum atomic E-state index is 16.3. The Bertz CT molecular complexity index is 3020. The van der Waals surface area contributed by atoms with Gasteiger partial charge in [-0.15, -0.1) is 0 Å². The Morgan fingerprint density at radius 1 is 0.644 bits per heavy atom. The number of fused-ring (bicyclic) bond motifs is 2. The molecule has 1 aliphatic carbocycles. The molecule has 16 heteroatoms. The van der Waals surface area contributed by atoms with Crippen LogP contribution in [0.15, 0.2) is 134 Å². The highest BCUT2D eigenvalue weighted by Gasteiger charge is 2.35. The molecule has 1 saturated carbocycles. The van der Waals surface area contributed by atoms with Gasteiger partial charge in [-0.05, 0) is 102 Å². The predicted molar refractivity (Wildman–Crippen MR) is 223 cm³/mol. The number of rotatable bonds is 9. The number of halogens is 7. The lowest BCUT2D eigenvalue weighted by molar-refractivity contribution is 0.0391. The fourth-order valence-electron chi connectivity index (χ4n) is 6.87. The van der Waals surface area contributed by atoms with E-state index in [2.05, 4.69) is 25.9 Å². The summed E-state index contributed by atoms with van der Waals surface area (Å²) in [6, 6.07) is 21.0. The van der Waals surface area contributed by atoms with Gasteiger partial charge in [-0.25, -0.2) is 27.2 Å². The number of hydrogen-bond donors (Lipinski definition) is 0. The molecule has 0 bridgehead atoms. The molecule has 8 aromatic rings. The Morgan fingerprint density at radius 3 is 1.64 bits per heavy atom. The molecule has 0 amide bonds. The first-order chi connectivity index (χ1) is 28.5. The zero-order valence-electron chi connectivity index (χ0n) is 29.9. The second kappa shape index (κ2) is 15.8. The van der Waals surface area contributed by atoms with Crippen molar-refractivity contribution in [3.63, 3.8) is 0 Å². The van der Waals surface area contributed by atoms with E-state index in [1.165, 1.54) is 42.6 Å². The largest absolute Gasteiger partial charge is 0.386 e. The number of hydrogen-bond acceptors (Lipinski definition) is 7. The summed E-state index contributed by atoms with van der Waals surface area (Å²) in [7, 11) is 0. The predicted octanol–water partition coefficient (Wildman–Crippen LogP) is 13.2. The van der Waals surface area contributed by atoms with E-state index >= 15 is 17.6 Å². The molecular formula is C43H23BrCl2F4N4O3S2. The van der Waals surface area contributed by atoms with Crippen LogP contribution in [0.5, 0.6) is 0 Å². The molecular weight excluding hydrogens is 911 g/mol. The van der Waals surface area contributed by atoms with E-state index in [9.17, 15) is 9.59 Å². The third kappa shape index (κ3) is 7.00. The van der Waals surface area contributed by atoms with Crippen LogP contribution in [-0.4, -0.2) is 31.0 Å². The lowest BCUT2D eigenvalue weighted by Crippen LogP contribution is -2.16. The molecule has 9 rings (SSSR count). The molecule has 4 heterocycles. The molecule has 0 unspecified atom stereocenters. The summed E-state index contributed by atoms with van der Waals surface area (Å²) in [6.07, 6.45) is 7.94. The molecule has 0 radical (unpaired) electrons. The van der Waals surface area contributed by atoms with E-state index in [1.807, 2.05) is 0 Å². The number of aromatic nitrogens is 4. The Balaban J connectivity index is 1.02. The molecule has 1 aliphatic rings. The van der Waals surface area contributed by atoms with Crippen molar-refractivity contribution in [3.05, 3.63) is 164 Å². The molecule has 4 aromatic carbocycles. The Kier molecular flexibility index (Phi) is 10.5. The Morgan fingerprint density at radius 2 is 1.14 bits per heavy atom. The third-order valence-electron chi connectivity index (χ3n) is 9.68. The van der Waals surface area contributed by atoms with Crippen LogP contribution in [0.25, 0.3) is 33.2 Å². The van der Waals surface area contributed by atoms with Crippen LogP contribution >= 0.6 is 62.7 Å². The van der Waals surface area contributed by atoms with Gasteiger partial charge in [0.25, 0.3) is 0 Å². The van der Waals surface area contributed by atoms with Gasteiger partial charge in [-0.3, -0.25) is 14.5 Å². The first kappa shape index (κ1) is 39.3. The van der Waals surface area contributed by atoms with Crippen molar-refractivity contribution in [1.82, 2.24) is 19.1 Å². The molecule has 0 N–H and O–H groups in total. The molecule has 294 valence electrons. The van der Waals surface area contributed by atoms with E-state index in [1.54, 1.807) is 64.1 Å². The summed E-state index contributed by atoms with van der Waals surface area (Å²) >= 11 is 17.8. The first-order valence-corrected chi connectivity index (χ1v) is 20.9. The highest BCUT2D eigenvalue weighted by atomic mass is 79.9. The van der Waals surface area contributed by atoms with Crippen LogP contribution in [0.1, 0.15) is 45.2 Å². The van der Waals surface area contributed by atoms with Crippen molar-refractivity contribution in [2.45, 2.75) is 38.3 Å². The summed E-state index contributed by atoms with van der Waals surface area (Å²) in [6.45, 7) is 0. The normalized spacial score (nSPS) is 12.7. The van der Waals surface area contributed by atoms with Crippen molar-refractivity contribution in [3.8, 4) is 11.4 Å². The summed E-state index contributed by atoms with van der Waals surface area (Å²) < 4.78 is 72.6. The van der Waals surface area contributed by atoms with E-state index in [0.717, 1.165) is 54.2 Å². The molecule has 0 saturated heterocycles. The molecule has 0 atom stereocenters. The van der Waals surface area contributed by atoms with E-state index in [0.29, 0.717) is 36.5 Å². The smallest absolute Gasteiger partial charge is 0.349 e. The van der Waals surface area contributed by atoms with Crippen LogP contribution in [0.2, 0.25) is 10.0 Å². The highest BCUT2D eigenvalue weighted by Crippen LogP contribution is 2.52. The molecule has 7 nitrogen and oxygen atoms in total. The minimum absolute atomic E-state index is 0.00715. The maximum Gasteiger partial charge on any atom is 0.349 e. The second-order valence-corrected chi connectivity index (χ2v) is 17.0. The quantitative estimate of drug-likeness (QED) is 0.0810. The standard InChI is InChI=1S/C43H23BrCl2F4N4O3S2/c44-41-40(27-14-16-29(46)35(50)38(27)54(41)23-6-4-18-52-20-23)59-31-10-2-8-25(33(31)48)43(56)57-42(55)24-7-1-9-30(32(24)47)58-39-26-13-15-28(45)34(49)37(26)53(36(39)21-11-12-21)22-5-3-17-51-19-22/h1-10,13-21H,11-12H2. The zero-order valence-corrected chi connectivity index (χ0v) is 34.6. The monoisotopic (exact) mass is 932 g/mol. The molecule has 0 spiro atoms. The molecule has 4 aromatic heterocycles. The topological polar surface area (TPSA) is 79.0 Å². The summed E-state index contributed by atoms with van der Waals surface area (Å²) in [4.78, 5) is 36.1. The summed E-state index contributed by atoms with van der Waals surface area (Å²) in [5.41, 5.74) is 1.01. The van der Waals surface area contributed by atoms with Gasteiger partial charge in [0.2, 0.25) is 0 Å². The van der Waals surface area contributed by atoms with E-state index in [4.69, 9.17) is 27.9 Å². The number of nitrogens with zero attached hydrogens (tertiary/aromatic N) is 4. The zero-order chi connectivity index (χ0) is 41.1. The fourth-order valence-corrected chi connectivity index (χ4v) is 10.2. The van der Waals surface area contributed by atoms with E-state index in [-0.39, 0.29) is 36.8 Å². The van der Waals surface area contributed by atoms with Crippen LogP contribution in [-0.2, 0) is 4.74 Å². The molecule has 59 heavy (non-hydrogen) atoms. The number of ether oxygens (including phenoxy) is 1. The minimum atomic E-state index is -1.36. The Hall–Kier alpha value is -5.12. The van der Waals surface area contributed by atoms with E-state index < -0.39 is 46.3 Å². The minimum Gasteiger partial charge on any atom is -0.386 e. The number of pyridine rings is 2. The molecule has 0 aliphatic heterocycles. The lowest BCUT2D eigenvalue weighted by atomic mass is 10.2. The number of benzene rings is 4. The maximum absolute atomic E-state index is 16.3. The van der Waals surface area contributed by atoms with Gasteiger partial charge >= 0.3 is 11.9 Å². The lowest BCUT2D eigenvalue weighted by Gasteiger charge is -2.12. The number of carbonyl (C=O) groups excluding carboxylic acids is 2.